The van der Waals surface area contributed by atoms with Gasteiger partial charge in [0.1, 0.15) is 5.82 Å². The maximum absolute atomic E-state index is 13.0. The highest BCUT2D eigenvalue weighted by atomic mass is 19.1. The predicted octanol–water partition coefficient (Wildman–Crippen LogP) is 4.13. The Morgan fingerprint density at radius 2 is 1.83 bits per heavy atom. The smallest absolute Gasteiger partial charge is 0.253 e. The molecule has 24 heavy (non-hydrogen) atoms. The van der Waals surface area contributed by atoms with Crippen LogP contribution in [0.3, 0.4) is 0 Å². The van der Waals surface area contributed by atoms with E-state index in [0.29, 0.717) is 12.1 Å². The van der Waals surface area contributed by atoms with Crippen LogP contribution in [0.15, 0.2) is 67.0 Å². The van der Waals surface area contributed by atoms with Crippen LogP contribution in [-0.4, -0.2) is 10.9 Å². The van der Waals surface area contributed by atoms with Crippen molar-refractivity contribution in [1.82, 2.24) is 10.3 Å². The normalized spacial score (nSPS) is 10.4. The lowest BCUT2D eigenvalue weighted by atomic mass is 10.1. The number of aromatic nitrogens is 1. The largest absolute Gasteiger partial charge is 0.348 e. The van der Waals surface area contributed by atoms with Gasteiger partial charge in [0.25, 0.3) is 5.91 Å². The second-order valence-electron chi connectivity index (χ2n) is 5.64. The third kappa shape index (κ3) is 3.84. The molecule has 4 heteroatoms. The van der Waals surface area contributed by atoms with E-state index >= 15 is 0 Å². The Balaban J connectivity index is 1.73. The van der Waals surface area contributed by atoms with Crippen LogP contribution >= 0.6 is 0 Å². The lowest BCUT2D eigenvalue weighted by Crippen LogP contribution is -2.23. The summed E-state index contributed by atoms with van der Waals surface area (Å²) in [5.41, 5.74) is 4.27. The van der Waals surface area contributed by atoms with Gasteiger partial charge in [-0.1, -0.05) is 42.0 Å². The number of hydrogen-bond acceptors (Lipinski definition) is 2. The van der Waals surface area contributed by atoms with Crippen LogP contribution < -0.4 is 5.32 Å². The van der Waals surface area contributed by atoms with Crippen LogP contribution in [0.1, 0.15) is 21.5 Å². The van der Waals surface area contributed by atoms with Gasteiger partial charge in [0, 0.05) is 24.5 Å². The van der Waals surface area contributed by atoms with Crippen molar-refractivity contribution in [2.24, 2.45) is 0 Å². The Labute approximate surface area is 140 Å². The Morgan fingerprint density at radius 1 is 1.04 bits per heavy atom. The monoisotopic (exact) mass is 320 g/mol. The number of nitrogens with zero attached hydrogens (tertiary/aromatic N) is 1. The van der Waals surface area contributed by atoms with Gasteiger partial charge < -0.3 is 5.32 Å². The number of halogens is 1. The first-order valence-corrected chi connectivity index (χ1v) is 7.66. The van der Waals surface area contributed by atoms with Crippen molar-refractivity contribution in [3.05, 3.63) is 89.5 Å². The Hall–Kier alpha value is -3.01. The number of rotatable bonds is 4. The van der Waals surface area contributed by atoms with Crippen molar-refractivity contribution in [2.75, 3.05) is 0 Å². The fourth-order valence-corrected chi connectivity index (χ4v) is 2.47. The fraction of sp³-hybridized carbons (Fsp3) is 0.100. The molecule has 0 aliphatic carbocycles. The van der Waals surface area contributed by atoms with E-state index in [0.717, 1.165) is 22.3 Å². The highest BCUT2D eigenvalue weighted by Gasteiger charge is 2.08. The third-order valence-electron chi connectivity index (χ3n) is 3.71. The van der Waals surface area contributed by atoms with Gasteiger partial charge in [0.15, 0.2) is 0 Å². The molecule has 3 rings (SSSR count). The Bertz CT molecular complexity index is 860. The van der Waals surface area contributed by atoms with Crippen LogP contribution in [0.5, 0.6) is 0 Å². The molecule has 0 aliphatic heterocycles. The summed E-state index contributed by atoms with van der Waals surface area (Å²) in [4.78, 5) is 16.4. The minimum absolute atomic E-state index is 0.187. The maximum atomic E-state index is 13.0. The molecular formula is C20H17FN2O. The van der Waals surface area contributed by atoms with Gasteiger partial charge >= 0.3 is 0 Å². The molecule has 0 aliphatic rings. The highest BCUT2D eigenvalue weighted by molar-refractivity contribution is 5.95. The van der Waals surface area contributed by atoms with E-state index in [-0.39, 0.29) is 11.7 Å². The van der Waals surface area contributed by atoms with Gasteiger partial charge in [0.05, 0.1) is 5.56 Å². The summed E-state index contributed by atoms with van der Waals surface area (Å²) in [6.07, 6.45) is 3.18. The zero-order valence-corrected chi connectivity index (χ0v) is 13.3. The molecule has 1 heterocycles. The average molecular weight is 320 g/mol. The standard InChI is InChI=1S/C20H17FN2O/c1-14-3-2-4-15(9-14)11-23-20(24)18-10-17(12-22-13-18)16-5-7-19(21)8-6-16/h2-10,12-13H,11H2,1H3,(H,23,24). The topological polar surface area (TPSA) is 42.0 Å². The predicted molar refractivity (Wildman–Crippen MR) is 92.0 cm³/mol. The third-order valence-corrected chi connectivity index (χ3v) is 3.71. The highest BCUT2D eigenvalue weighted by Crippen LogP contribution is 2.19. The van der Waals surface area contributed by atoms with Crippen molar-refractivity contribution in [3.63, 3.8) is 0 Å². The Kier molecular flexibility index (Phi) is 4.66. The van der Waals surface area contributed by atoms with E-state index in [9.17, 15) is 9.18 Å². The zero-order valence-electron chi connectivity index (χ0n) is 13.3. The number of nitrogens with one attached hydrogen (secondary N) is 1. The van der Waals surface area contributed by atoms with Gasteiger partial charge in [-0.25, -0.2) is 4.39 Å². The van der Waals surface area contributed by atoms with Crippen molar-refractivity contribution in [2.45, 2.75) is 13.5 Å². The summed E-state index contributed by atoms with van der Waals surface area (Å²) < 4.78 is 13.0. The summed E-state index contributed by atoms with van der Waals surface area (Å²) in [5.74, 6) is -0.480. The molecule has 0 saturated heterocycles. The summed E-state index contributed by atoms with van der Waals surface area (Å²) >= 11 is 0. The molecule has 0 atom stereocenters. The van der Waals surface area contributed by atoms with E-state index in [1.54, 1.807) is 24.4 Å². The van der Waals surface area contributed by atoms with E-state index in [1.807, 2.05) is 31.2 Å². The van der Waals surface area contributed by atoms with E-state index in [1.165, 1.54) is 18.3 Å². The van der Waals surface area contributed by atoms with Crippen LogP contribution in [0.2, 0.25) is 0 Å². The van der Waals surface area contributed by atoms with Crippen LogP contribution in [0.25, 0.3) is 11.1 Å². The fourth-order valence-electron chi connectivity index (χ4n) is 2.47. The van der Waals surface area contributed by atoms with Crippen LogP contribution in [0, 0.1) is 12.7 Å². The molecule has 120 valence electrons. The molecule has 2 aromatic carbocycles. The molecule has 0 unspecified atom stereocenters. The lowest BCUT2D eigenvalue weighted by molar-refractivity contribution is 0.0950. The molecule has 0 radical (unpaired) electrons. The first-order valence-electron chi connectivity index (χ1n) is 7.66. The zero-order chi connectivity index (χ0) is 16.9. The van der Waals surface area contributed by atoms with Gasteiger partial charge in [-0.3, -0.25) is 9.78 Å². The molecule has 3 nitrogen and oxygen atoms in total. The molecular weight excluding hydrogens is 303 g/mol. The maximum Gasteiger partial charge on any atom is 0.253 e. The molecule has 0 saturated carbocycles. The van der Waals surface area contributed by atoms with Crippen LogP contribution in [0.4, 0.5) is 4.39 Å². The quantitative estimate of drug-likeness (QED) is 0.785. The number of carbonyl (C=O) groups is 1. The van der Waals surface area contributed by atoms with Crippen molar-refractivity contribution in [1.29, 1.82) is 0 Å². The second kappa shape index (κ2) is 7.04. The number of aryl methyl sites for hydroxylation is 1. The summed E-state index contributed by atoms with van der Waals surface area (Å²) in [5, 5.41) is 2.89. The van der Waals surface area contributed by atoms with Crippen LogP contribution in [-0.2, 0) is 6.54 Å². The lowest BCUT2D eigenvalue weighted by Gasteiger charge is -2.07. The first kappa shape index (κ1) is 15.9. The van der Waals surface area contributed by atoms with Gasteiger partial charge in [0.2, 0.25) is 0 Å². The number of benzene rings is 2. The van der Waals surface area contributed by atoms with Crippen molar-refractivity contribution >= 4 is 5.91 Å². The Morgan fingerprint density at radius 3 is 2.58 bits per heavy atom. The first-order chi connectivity index (χ1) is 11.6. The number of amides is 1. The molecule has 1 N–H and O–H groups in total. The molecule has 3 aromatic rings. The molecule has 0 bridgehead atoms. The molecule has 0 spiro atoms. The summed E-state index contributed by atoms with van der Waals surface area (Å²) in [6, 6.07) is 15.9. The van der Waals surface area contributed by atoms with Gasteiger partial charge in [-0.05, 0) is 36.2 Å². The molecule has 1 amide bonds. The van der Waals surface area contributed by atoms with E-state index in [4.69, 9.17) is 0 Å². The molecule has 1 aromatic heterocycles. The van der Waals surface area contributed by atoms with E-state index < -0.39 is 0 Å². The summed E-state index contributed by atoms with van der Waals surface area (Å²) in [7, 11) is 0. The van der Waals surface area contributed by atoms with Crippen molar-refractivity contribution < 1.29 is 9.18 Å². The number of pyridine rings is 1. The average Bonchev–Trinajstić information content (AvgIpc) is 2.60. The minimum atomic E-state index is -0.293. The summed E-state index contributed by atoms with van der Waals surface area (Å²) in [6.45, 7) is 2.47. The van der Waals surface area contributed by atoms with Gasteiger partial charge in [-0.15, -0.1) is 0 Å². The van der Waals surface area contributed by atoms with E-state index in [2.05, 4.69) is 10.3 Å². The molecule has 0 fully saturated rings. The number of carbonyl (C=O) groups excluding carboxylic acids is 1. The SMILES string of the molecule is Cc1cccc(CNC(=O)c2cncc(-c3ccc(F)cc3)c2)c1. The second-order valence-corrected chi connectivity index (χ2v) is 5.64. The minimum Gasteiger partial charge on any atom is -0.348 e. The van der Waals surface area contributed by atoms with Crippen molar-refractivity contribution in [3.8, 4) is 11.1 Å². The van der Waals surface area contributed by atoms with Gasteiger partial charge in [-0.2, -0.15) is 0 Å². The number of hydrogen-bond donors (Lipinski definition) is 1.